The van der Waals surface area contributed by atoms with Crippen molar-refractivity contribution in [1.82, 2.24) is 19.9 Å². The molecule has 0 aromatic carbocycles. The second-order valence-electron chi connectivity index (χ2n) is 4.88. The number of morpholine rings is 1. The highest BCUT2D eigenvalue weighted by Gasteiger charge is 2.25. The van der Waals surface area contributed by atoms with E-state index in [-0.39, 0.29) is 6.10 Å². The maximum atomic E-state index is 5.79. The fraction of sp³-hybridized carbons (Fsp3) is 0.429. The van der Waals surface area contributed by atoms with Gasteiger partial charge >= 0.3 is 0 Å². The largest absolute Gasteiger partial charge is 0.367 e. The van der Waals surface area contributed by atoms with E-state index in [1.807, 2.05) is 26.0 Å². The number of nitrogens with zero attached hydrogens (tertiary/aromatic N) is 5. The van der Waals surface area contributed by atoms with E-state index in [2.05, 4.69) is 24.8 Å². The van der Waals surface area contributed by atoms with Gasteiger partial charge in [0.05, 0.1) is 13.2 Å². The third-order valence-corrected chi connectivity index (χ3v) is 3.28. The zero-order valence-electron chi connectivity index (χ0n) is 11.7. The lowest BCUT2D eigenvalue weighted by molar-refractivity contribution is 0.0336. The van der Waals surface area contributed by atoms with Crippen molar-refractivity contribution in [2.45, 2.75) is 20.0 Å². The Morgan fingerprint density at radius 1 is 1.20 bits per heavy atom. The molecule has 0 amide bonds. The first-order chi connectivity index (χ1) is 9.72. The van der Waals surface area contributed by atoms with Crippen LogP contribution in [-0.2, 0) is 4.74 Å². The Morgan fingerprint density at radius 3 is 2.90 bits per heavy atom. The molecule has 1 aliphatic rings. The fourth-order valence-corrected chi connectivity index (χ4v) is 2.25. The van der Waals surface area contributed by atoms with Crippen LogP contribution in [0.3, 0.4) is 0 Å². The van der Waals surface area contributed by atoms with Crippen LogP contribution >= 0.6 is 0 Å². The van der Waals surface area contributed by atoms with Crippen LogP contribution in [0.15, 0.2) is 24.7 Å². The first-order valence-electron chi connectivity index (χ1n) is 6.67. The van der Waals surface area contributed by atoms with Crippen molar-refractivity contribution >= 4 is 5.82 Å². The maximum absolute atomic E-state index is 5.79. The SMILES string of the molecule is Cc1cc(N2CCO[C@@H](c3nccc(C)n3)C2)ncn1. The molecule has 6 nitrogen and oxygen atoms in total. The summed E-state index contributed by atoms with van der Waals surface area (Å²) in [4.78, 5) is 19.4. The fourth-order valence-electron chi connectivity index (χ4n) is 2.25. The van der Waals surface area contributed by atoms with Gasteiger partial charge in [-0.25, -0.2) is 19.9 Å². The van der Waals surface area contributed by atoms with Crippen LogP contribution in [0.4, 0.5) is 5.82 Å². The number of rotatable bonds is 2. The molecule has 20 heavy (non-hydrogen) atoms. The standard InChI is InChI=1S/C14H17N5O/c1-10-3-4-15-14(18-10)12-8-19(5-6-20-12)13-7-11(2)16-9-17-13/h3-4,7,9,12H,5-6,8H2,1-2H3/t12-/m1/s1. The summed E-state index contributed by atoms with van der Waals surface area (Å²) in [5.41, 5.74) is 1.92. The van der Waals surface area contributed by atoms with Gasteiger partial charge in [0, 0.05) is 30.2 Å². The third kappa shape index (κ3) is 2.75. The third-order valence-electron chi connectivity index (χ3n) is 3.28. The van der Waals surface area contributed by atoms with Crippen LogP contribution in [0.1, 0.15) is 23.3 Å². The molecule has 1 atom stereocenters. The van der Waals surface area contributed by atoms with E-state index in [0.717, 1.165) is 29.6 Å². The lowest BCUT2D eigenvalue weighted by Gasteiger charge is -2.33. The summed E-state index contributed by atoms with van der Waals surface area (Å²) in [5, 5.41) is 0. The highest BCUT2D eigenvalue weighted by Crippen LogP contribution is 2.22. The van der Waals surface area contributed by atoms with Crippen molar-refractivity contribution in [1.29, 1.82) is 0 Å². The van der Waals surface area contributed by atoms with E-state index < -0.39 is 0 Å². The highest BCUT2D eigenvalue weighted by atomic mass is 16.5. The van der Waals surface area contributed by atoms with Crippen molar-refractivity contribution in [3.8, 4) is 0 Å². The molecule has 0 unspecified atom stereocenters. The number of aryl methyl sites for hydroxylation is 2. The number of anilines is 1. The molecule has 6 heteroatoms. The minimum Gasteiger partial charge on any atom is -0.367 e. The Morgan fingerprint density at radius 2 is 2.10 bits per heavy atom. The van der Waals surface area contributed by atoms with Gasteiger partial charge in [-0.05, 0) is 19.9 Å². The predicted molar refractivity (Wildman–Crippen MR) is 74.4 cm³/mol. The number of ether oxygens (including phenoxy) is 1. The molecule has 3 rings (SSSR count). The number of aromatic nitrogens is 4. The molecule has 1 aliphatic heterocycles. The van der Waals surface area contributed by atoms with Crippen molar-refractivity contribution in [2.24, 2.45) is 0 Å². The Bertz CT molecular complexity index is 552. The Hall–Kier alpha value is -2.08. The van der Waals surface area contributed by atoms with Gasteiger partial charge in [-0.15, -0.1) is 0 Å². The molecule has 0 N–H and O–H groups in total. The highest BCUT2D eigenvalue weighted by molar-refractivity contribution is 5.39. The second-order valence-corrected chi connectivity index (χ2v) is 4.88. The summed E-state index contributed by atoms with van der Waals surface area (Å²) >= 11 is 0. The molecule has 104 valence electrons. The van der Waals surface area contributed by atoms with E-state index in [1.165, 1.54) is 0 Å². The molecule has 2 aromatic heterocycles. The van der Waals surface area contributed by atoms with Crippen LogP contribution in [0.5, 0.6) is 0 Å². The first-order valence-corrected chi connectivity index (χ1v) is 6.67. The van der Waals surface area contributed by atoms with Crippen LogP contribution in [0.2, 0.25) is 0 Å². The molecule has 3 heterocycles. The Balaban J connectivity index is 1.80. The quantitative estimate of drug-likeness (QED) is 0.824. The van der Waals surface area contributed by atoms with Crippen LogP contribution in [0, 0.1) is 13.8 Å². The van der Waals surface area contributed by atoms with E-state index >= 15 is 0 Å². The average molecular weight is 271 g/mol. The van der Waals surface area contributed by atoms with Gasteiger partial charge in [-0.1, -0.05) is 0 Å². The Kier molecular flexibility index (Phi) is 3.56. The smallest absolute Gasteiger partial charge is 0.159 e. The normalized spacial score (nSPS) is 19.1. The van der Waals surface area contributed by atoms with Crippen molar-refractivity contribution in [3.05, 3.63) is 41.9 Å². The zero-order chi connectivity index (χ0) is 13.9. The van der Waals surface area contributed by atoms with Gasteiger partial charge < -0.3 is 9.64 Å². The summed E-state index contributed by atoms with van der Waals surface area (Å²) < 4.78 is 5.79. The molecule has 0 saturated carbocycles. The van der Waals surface area contributed by atoms with E-state index in [4.69, 9.17) is 4.74 Å². The topological polar surface area (TPSA) is 64.0 Å². The molecule has 1 fully saturated rings. The van der Waals surface area contributed by atoms with Gasteiger partial charge in [0.1, 0.15) is 18.2 Å². The van der Waals surface area contributed by atoms with Gasteiger partial charge in [0.15, 0.2) is 5.82 Å². The van der Waals surface area contributed by atoms with Gasteiger partial charge in [-0.2, -0.15) is 0 Å². The molecule has 0 bridgehead atoms. The van der Waals surface area contributed by atoms with E-state index in [9.17, 15) is 0 Å². The maximum Gasteiger partial charge on any atom is 0.159 e. The molecular formula is C14H17N5O. The van der Waals surface area contributed by atoms with Crippen LogP contribution in [-0.4, -0.2) is 39.6 Å². The zero-order valence-corrected chi connectivity index (χ0v) is 11.7. The summed E-state index contributed by atoms with van der Waals surface area (Å²) in [5.74, 6) is 1.67. The predicted octanol–water partition coefficient (Wildman–Crippen LogP) is 1.46. The number of hydrogen-bond acceptors (Lipinski definition) is 6. The molecular weight excluding hydrogens is 254 g/mol. The van der Waals surface area contributed by atoms with E-state index in [1.54, 1.807) is 12.5 Å². The van der Waals surface area contributed by atoms with Crippen molar-refractivity contribution < 1.29 is 4.74 Å². The lowest BCUT2D eigenvalue weighted by atomic mass is 10.2. The van der Waals surface area contributed by atoms with Crippen molar-refractivity contribution in [2.75, 3.05) is 24.6 Å². The minimum atomic E-state index is -0.112. The molecule has 2 aromatic rings. The monoisotopic (exact) mass is 271 g/mol. The Labute approximate surface area is 117 Å². The first kappa shape index (κ1) is 12.9. The second kappa shape index (κ2) is 5.50. The van der Waals surface area contributed by atoms with Crippen LogP contribution in [0.25, 0.3) is 0 Å². The summed E-state index contributed by atoms with van der Waals surface area (Å²) in [6.07, 6.45) is 3.26. The summed E-state index contributed by atoms with van der Waals surface area (Å²) in [6, 6.07) is 3.87. The molecule has 0 spiro atoms. The molecule has 0 radical (unpaired) electrons. The molecule has 1 saturated heterocycles. The van der Waals surface area contributed by atoms with Gasteiger partial charge in [0.25, 0.3) is 0 Å². The van der Waals surface area contributed by atoms with Gasteiger partial charge in [-0.3, -0.25) is 0 Å². The minimum absolute atomic E-state index is 0.112. The summed E-state index contributed by atoms with van der Waals surface area (Å²) in [6.45, 7) is 6.09. The van der Waals surface area contributed by atoms with Gasteiger partial charge in [0.2, 0.25) is 0 Å². The summed E-state index contributed by atoms with van der Waals surface area (Å²) in [7, 11) is 0. The van der Waals surface area contributed by atoms with E-state index in [0.29, 0.717) is 13.2 Å². The molecule has 0 aliphatic carbocycles. The lowest BCUT2D eigenvalue weighted by Crippen LogP contribution is -2.39. The van der Waals surface area contributed by atoms with Crippen LogP contribution < -0.4 is 4.90 Å². The average Bonchev–Trinajstić information content (AvgIpc) is 2.47. The number of hydrogen-bond donors (Lipinski definition) is 0. The van der Waals surface area contributed by atoms with Crippen molar-refractivity contribution in [3.63, 3.8) is 0 Å².